The molecule has 2 aromatic carbocycles. The molecule has 0 spiro atoms. The van der Waals surface area contributed by atoms with Crippen LogP contribution in [0.25, 0.3) is 10.8 Å². The molecule has 7 heteroatoms. The Morgan fingerprint density at radius 2 is 1.70 bits per heavy atom. The van der Waals surface area contributed by atoms with Crippen molar-refractivity contribution in [1.82, 2.24) is 0 Å². The van der Waals surface area contributed by atoms with Gasteiger partial charge in [-0.05, 0) is 25.5 Å². The Morgan fingerprint density at radius 1 is 1.11 bits per heavy atom. The van der Waals surface area contributed by atoms with Crippen LogP contribution in [0.2, 0.25) is 0 Å². The number of aromatic hydroxyl groups is 2. The Bertz CT molecular complexity index is 1070. The molecular formula is C20H20O7. The molecule has 2 aliphatic rings. The Hall–Kier alpha value is -2.64. The van der Waals surface area contributed by atoms with Crippen LogP contribution in [0.5, 0.6) is 17.2 Å². The third-order valence-electron chi connectivity index (χ3n) is 6.00. The van der Waals surface area contributed by atoms with E-state index < -0.39 is 28.5 Å². The SMILES string of the molecule is CO[C@]1(O)C(=O)c2c(O)cc(C)c3c4c(c(O)c(c23)C1=O)C(C)(C)[C@@H](C)O4. The van der Waals surface area contributed by atoms with E-state index in [2.05, 4.69) is 0 Å². The van der Waals surface area contributed by atoms with E-state index in [0.29, 0.717) is 22.3 Å². The number of phenols is 2. The largest absolute Gasteiger partial charge is 0.507 e. The van der Waals surface area contributed by atoms with E-state index in [0.717, 1.165) is 7.11 Å². The summed E-state index contributed by atoms with van der Waals surface area (Å²) in [5, 5.41) is 32.6. The maximum absolute atomic E-state index is 13.0. The molecule has 1 aliphatic carbocycles. The maximum atomic E-state index is 13.0. The van der Waals surface area contributed by atoms with Gasteiger partial charge in [0, 0.05) is 28.9 Å². The molecule has 4 rings (SSSR count). The summed E-state index contributed by atoms with van der Waals surface area (Å²) < 4.78 is 10.8. The first-order chi connectivity index (χ1) is 12.5. The van der Waals surface area contributed by atoms with E-state index in [4.69, 9.17) is 9.47 Å². The second-order valence-electron chi connectivity index (χ2n) is 7.75. The van der Waals surface area contributed by atoms with E-state index in [1.165, 1.54) is 6.07 Å². The third kappa shape index (κ3) is 1.83. The number of ketones is 2. The highest BCUT2D eigenvalue weighted by molar-refractivity contribution is 6.35. The molecule has 2 aromatic rings. The number of Topliss-reactive ketones (excluding diaryl/α,β-unsaturated/α-hetero) is 2. The van der Waals surface area contributed by atoms with E-state index in [1.54, 1.807) is 6.92 Å². The van der Waals surface area contributed by atoms with Crippen molar-refractivity contribution in [3.8, 4) is 17.2 Å². The van der Waals surface area contributed by atoms with Gasteiger partial charge in [-0.15, -0.1) is 0 Å². The number of rotatable bonds is 1. The summed E-state index contributed by atoms with van der Waals surface area (Å²) in [6.45, 7) is 7.31. The minimum Gasteiger partial charge on any atom is -0.507 e. The van der Waals surface area contributed by atoms with Gasteiger partial charge < -0.3 is 24.8 Å². The first kappa shape index (κ1) is 17.8. The molecule has 1 heterocycles. The predicted molar refractivity (Wildman–Crippen MR) is 95.8 cm³/mol. The summed E-state index contributed by atoms with van der Waals surface area (Å²) in [5.74, 6) is -5.34. The molecule has 2 atom stereocenters. The first-order valence-corrected chi connectivity index (χ1v) is 8.57. The fourth-order valence-electron chi connectivity index (χ4n) is 4.14. The molecule has 0 saturated carbocycles. The molecule has 142 valence electrons. The van der Waals surface area contributed by atoms with Crippen molar-refractivity contribution in [3.63, 3.8) is 0 Å². The van der Waals surface area contributed by atoms with Crippen LogP contribution < -0.4 is 4.74 Å². The number of hydrogen-bond donors (Lipinski definition) is 3. The lowest BCUT2D eigenvalue weighted by Gasteiger charge is -2.31. The van der Waals surface area contributed by atoms with Gasteiger partial charge >= 0.3 is 0 Å². The monoisotopic (exact) mass is 372 g/mol. The number of fused-ring (bicyclic) bond motifs is 2. The Labute approximate surface area is 155 Å². The number of aliphatic hydroxyl groups is 1. The molecule has 1 aliphatic heterocycles. The lowest BCUT2D eigenvalue weighted by molar-refractivity contribution is -0.114. The lowest BCUT2D eigenvalue weighted by atomic mass is 9.74. The molecule has 0 fully saturated rings. The summed E-state index contributed by atoms with van der Waals surface area (Å²) in [5.41, 5.74) is -0.127. The molecule has 7 nitrogen and oxygen atoms in total. The number of carbonyl (C=O) groups excluding carboxylic acids is 2. The Balaban J connectivity index is 2.31. The van der Waals surface area contributed by atoms with Crippen molar-refractivity contribution >= 4 is 22.3 Å². The highest BCUT2D eigenvalue weighted by atomic mass is 16.6. The molecule has 0 amide bonds. The smallest absolute Gasteiger partial charge is 0.297 e. The van der Waals surface area contributed by atoms with Gasteiger partial charge in [-0.25, -0.2) is 0 Å². The van der Waals surface area contributed by atoms with Gasteiger partial charge in [-0.2, -0.15) is 0 Å². The van der Waals surface area contributed by atoms with Crippen molar-refractivity contribution in [3.05, 3.63) is 28.3 Å². The number of aryl methyl sites for hydroxylation is 1. The number of hydrogen-bond acceptors (Lipinski definition) is 7. The van der Waals surface area contributed by atoms with Gasteiger partial charge in [0.25, 0.3) is 5.79 Å². The van der Waals surface area contributed by atoms with E-state index in [9.17, 15) is 24.9 Å². The number of carbonyl (C=O) groups is 2. The van der Waals surface area contributed by atoms with Crippen molar-refractivity contribution in [2.75, 3.05) is 7.11 Å². The third-order valence-corrected chi connectivity index (χ3v) is 6.00. The molecule has 0 unspecified atom stereocenters. The first-order valence-electron chi connectivity index (χ1n) is 8.57. The number of ether oxygens (including phenoxy) is 2. The standard InChI is InChI=1S/C20H20O7/c1-7-6-9(21)11-12-10(7)16-14(19(3,4)8(2)27-16)15(22)13(12)18(24)20(25,26-5)17(11)23/h6,8,21-22,25H,1-5H3/t8-,20-/m1/s1. The molecule has 3 N–H and O–H groups in total. The van der Waals surface area contributed by atoms with Gasteiger partial charge in [0.05, 0.1) is 11.1 Å². The summed E-state index contributed by atoms with van der Waals surface area (Å²) >= 11 is 0. The highest BCUT2D eigenvalue weighted by Gasteiger charge is 2.55. The van der Waals surface area contributed by atoms with Crippen molar-refractivity contribution in [1.29, 1.82) is 0 Å². The van der Waals surface area contributed by atoms with Crippen LogP contribution >= 0.6 is 0 Å². The topological polar surface area (TPSA) is 113 Å². The molecule has 0 bridgehead atoms. The molecular weight excluding hydrogens is 352 g/mol. The minimum atomic E-state index is -2.81. The summed E-state index contributed by atoms with van der Waals surface area (Å²) in [6, 6.07) is 1.38. The van der Waals surface area contributed by atoms with Crippen LogP contribution in [0.15, 0.2) is 6.07 Å². The molecule has 0 aromatic heterocycles. The normalized spacial score (nSPS) is 25.6. The van der Waals surface area contributed by atoms with Gasteiger partial charge in [0.1, 0.15) is 23.4 Å². The van der Waals surface area contributed by atoms with Gasteiger partial charge in [0.15, 0.2) is 0 Å². The summed E-state index contributed by atoms with van der Waals surface area (Å²) in [6.07, 6.45) is -0.304. The van der Waals surface area contributed by atoms with Gasteiger partial charge in [-0.3, -0.25) is 9.59 Å². The summed E-state index contributed by atoms with van der Waals surface area (Å²) in [4.78, 5) is 25.8. The fourth-order valence-corrected chi connectivity index (χ4v) is 4.14. The van der Waals surface area contributed by atoms with E-state index >= 15 is 0 Å². The van der Waals surface area contributed by atoms with Crippen molar-refractivity contribution < 1.29 is 34.4 Å². The fraction of sp³-hybridized carbons (Fsp3) is 0.400. The van der Waals surface area contributed by atoms with E-state index in [-0.39, 0.29) is 28.4 Å². The molecule has 27 heavy (non-hydrogen) atoms. The zero-order chi connectivity index (χ0) is 20.0. The quantitative estimate of drug-likeness (QED) is 0.520. The van der Waals surface area contributed by atoms with Gasteiger partial charge in [-0.1, -0.05) is 13.8 Å². The number of benzene rings is 2. The van der Waals surface area contributed by atoms with Crippen molar-refractivity contribution in [2.24, 2.45) is 0 Å². The van der Waals surface area contributed by atoms with Crippen LogP contribution in [0.3, 0.4) is 0 Å². The van der Waals surface area contributed by atoms with E-state index in [1.807, 2.05) is 20.8 Å². The highest BCUT2D eigenvalue weighted by Crippen LogP contribution is 2.56. The Morgan fingerprint density at radius 3 is 2.30 bits per heavy atom. The van der Waals surface area contributed by atoms with Crippen LogP contribution in [-0.2, 0) is 10.2 Å². The van der Waals surface area contributed by atoms with Crippen molar-refractivity contribution in [2.45, 2.75) is 45.0 Å². The van der Waals surface area contributed by atoms with Crippen LogP contribution in [0, 0.1) is 6.92 Å². The molecule has 0 radical (unpaired) electrons. The second kappa shape index (κ2) is 4.99. The zero-order valence-electron chi connectivity index (χ0n) is 15.6. The zero-order valence-corrected chi connectivity index (χ0v) is 15.6. The summed E-state index contributed by atoms with van der Waals surface area (Å²) in [7, 11) is 1.02. The maximum Gasteiger partial charge on any atom is 0.297 e. The average Bonchev–Trinajstić information content (AvgIpc) is 2.82. The average molecular weight is 372 g/mol. The van der Waals surface area contributed by atoms with Crippen LogP contribution in [-0.4, -0.2) is 45.9 Å². The lowest BCUT2D eigenvalue weighted by Crippen LogP contribution is -2.51. The second-order valence-corrected chi connectivity index (χ2v) is 7.75. The number of phenolic OH excluding ortho intramolecular Hbond substituents is 2. The van der Waals surface area contributed by atoms with Crippen LogP contribution in [0.4, 0.5) is 0 Å². The number of methoxy groups -OCH3 is 1. The van der Waals surface area contributed by atoms with Gasteiger partial charge in [0.2, 0.25) is 11.6 Å². The molecule has 0 saturated heterocycles. The predicted octanol–water partition coefficient (Wildman–Crippen LogP) is 2.33. The van der Waals surface area contributed by atoms with Crippen LogP contribution in [0.1, 0.15) is 52.6 Å². The minimum absolute atomic E-state index is 0.0744. The Kier molecular flexibility index (Phi) is 3.28.